The molecular weight excluding hydrogens is 395 g/mol. The van der Waals surface area contributed by atoms with Crippen molar-refractivity contribution in [3.05, 3.63) is 109 Å². The Morgan fingerprint density at radius 2 is 1.69 bits per heavy atom. The molecule has 2 aromatic carbocycles. The number of nitrogens with one attached hydrogen (secondary N) is 1. The molecule has 0 aliphatic heterocycles. The van der Waals surface area contributed by atoms with Crippen LogP contribution < -0.4 is 10.2 Å². The minimum absolute atomic E-state index is 0.331. The third-order valence-corrected chi connectivity index (χ3v) is 5.49. The fourth-order valence-corrected chi connectivity index (χ4v) is 3.52. The first-order valence-corrected chi connectivity index (χ1v) is 11.1. The lowest BCUT2D eigenvalue weighted by atomic mass is 10.00. The second kappa shape index (κ2) is 11.9. The van der Waals surface area contributed by atoms with E-state index in [-0.39, 0.29) is 0 Å². The van der Waals surface area contributed by atoms with Gasteiger partial charge < -0.3 is 10.2 Å². The third kappa shape index (κ3) is 6.34. The van der Waals surface area contributed by atoms with Gasteiger partial charge in [-0.3, -0.25) is 0 Å². The number of anilines is 1. The van der Waals surface area contributed by atoms with Crippen molar-refractivity contribution in [2.75, 3.05) is 18.0 Å². The molecule has 0 saturated carbocycles. The molecule has 2 rings (SSSR count). The summed E-state index contributed by atoms with van der Waals surface area (Å²) in [5.74, 6) is -0.443. The predicted octanol–water partition coefficient (Wildman–Crippen LogP) is 7.96. The van der Waals surface area contributed by atoms with Crippen molar-refractivity contribution in [1.82, 2.24) is 5.32 Å². The molecule has 0 heterocycles. The zero-order valence-corrected chi connectivity index (χ0v) is 19.8. The SMILES string of the molecule is C=C(F)/C(=C\C=C/C)CNC(=C)c1ccc(-c2ccc(N(CC)C(=C)CC)c(C)c2)cc1. The third-order valence-electron chi connectivity index (χ3n) is 5.49. The molecule has 0 fully saturated rings. The lowest BCUT2D eigenvalue weighted by molar-refractivity contribution is 0.646. The van der Waals surface area contributed by atoms with E-state index in [2.05, 4.69) is 81.1 Å². The van der Waals surface area contributed by atoms with Crippen LogP contribution in [0.2, 0.25) is 0 Å². The van der Waals surface area contributed by atoms with Crippen LogP contribution >= 0.6 is 0 Å². The van der Waals surface area contributed by atoms with Crippen LogP contribution in [-0.4, -0.2) is 13.1 Å². The van der Waals surface area contributed by atoms with Gasteiger partial charge in [0.2, 0.25) is 0 Å². The number of hydrogen-bond donors (Lipinski definition) is 1. The zero-order valence-electron chi connectivity index (χ0n) is 19.8. The van der Waals surface area contributed by atoms with Gasteiger partial charge in [-0.25, -0.2) is 4.39 Å². The van der Waals surface area contributed by atoms with Crippen LogP contribution in [0.5, 0.6) is 0 Å². The first-order valence-electron chi connectivity index (χ1n) is 11.1. The number of aryl methyl sites for hydroxylation is 1. The van der Waals surface area contributed by atoms with Gasteiger partial charge in [-0.05, 0) is 61.6 Å². The molecule has 168 valence electrons. The number of allylic oxidation sites excluding steroid dienone is 4. The fourth-order valence-electron chi connectivity index (χ4n) is 3.52. The first kappa shape index (κ1) is 24.9. The van der Waals surface area contributed by atoms with Gasteiger partial charge in [0.1, 0.15) is 5.83 Å². The molecule has 0 bridgehead atoms. The number of hydrogen-bond acceptors (Lipinski definition) is 2. The molecule has 0 spiro atoms. The highest BCUT2D eigenvalue weighted by Gasteiger charge is 2.11. The Morgan fingerprint density at radius 1 is 1.03 bits per heavy atom. The van der Waals surface area contributed by atoms with Crippen LogP contribution in [0.15, 0.2) is 97.5 Å². The van der Waals surface area contributed by atoms with Crippen LogP contribution in [0.25, 0.3) is 16.8 Å². The van der Waals surface area contributed by atoms with E-state index >= 15 is 0 Å². The summed E-state index contributed by atoms with van der Waals surface area (Å²) in [4.78, 5) is 2.27. The Labute approximate surface area is 193 Å². The smallest absolute Gasteiger partial charge is 0.121 e. The molecule has 0 saturated heterocycles. The summed E-state index contributed by atoms with van der Waals surface area (Å²) in [7, 11) is 0. The Hall–Kier alpha value is -3.33. The number of halogens is 1. The Bertz CT molecular complexity index is 1030. The standard InChI is InChI=1S/C29H35FN2/c1-8-11-12-28(23(6)30)20-31-24(7)25-13-15-26(16-14-25)27-17-18-29(21(4)19-27)32(10-3)22(5)9-2/h8,11-19,31H,5-7,9-10,20H2,1-4H3/b11-8-,28-12-. The Balaban J connectivity index is 2.15. The average molecular weight is 431 g/mol. The molecule has 2 aromatic rings. The molecule has 0 atom stereocenters. The van der Waals surface area contributed by atoms with Crippen LogP contribution in [0.1, 0.15) is 38.3 Å². The van der Waals surface area contributed by atoms with Crippen molar-refractivity contribution in [2.45, 2.75) is 34.1 Å². The minimum atomic E-state index is -0.443. The highest BCUT2D eigenvalue weighted by Crippen LogP contribution is 2.30. The molecule has 2 nitrogen and oxygen atoms in total. The van der Waals surface area contributed by atoms with Crippen LogP contribution in [0.4, 0.5) is 10.1 Å². The van der Waals surface area contributed by atoms with Gasteiger partial charge in [0.15, 0.2) is 0 Å². The summed E-state index contributed by atoms with van der Waals surface area (Å²) in [6, 6.07) is 14.8. The van der Waals surface area contributed by atoms with Crippen LogP contribution in [0, 0.1) is 6.92 Å². The minimum Gasteiger partial charge on any atom is -0.381 e. The molecule has 1 N–H and O–H groups in total. The van der Waals surface area contributed by atoms with Gasteiger partial charge in [-0.15, -0.1) is 0 Å². The second-order valence-electron chi connectivity index (χ2n) is 7.70. The Kier molecular flexibility index (Phi) is 9.27. The maximum absolute atomic E-state index is 13.6. The van der Waals surface area contributed by atoms with E-state index < -0.39 is 5.83 Å². The van der Waals surface area contributed by atoms with Gasteiger partial charge in [-0.2, -0.15) is 0 Å². The highest BCUT2D eigenvalue weighted by molar-refractivity contribution is 5.72. The fraction of sp³-hybridized carbons (Fsp3) is 0.241. The predicted molar refractivity (Wildman–Crippen MR) is 139 cm³/mol. The maximum Gasteiger partial charge on any atom is 0.121 e. The lowest BCUT2D eigenvalue weighted by Gasteiger charge is -2.27. The van der Waals surface area contributed by atoms with E-state index in [1.807, 2.05) is 25.1 Å². The monoisotopic (exact) mass is 430 g/mol. The molecule has 3 heteroatoms. The number of benzene rings is 2. The summed E-state index contributed by atoms with van der Waals surface area (Å²) in [6.45, 7) is 21.2. The summed E-state index contributed by atoms with van der Waals surface area (Å²) < 4.78 is 13.6. The van der Waals surface area contributed by atoms with Crippen molar-refractivity contribution in [2.24, 2.45) is 0 Å². The van der Waals surface area contributed by atoms with Crippen molar-refractivity contribution in [3.63, 3.8) is 0 Å². The Morgan fingerprint density at radius 3 is 2.22 bits per heavy atom. The van der Waals surface area contributed by atoms with Gasteiger partial charge in [-0.1, -0.05) is 75.2 Å². The maximum atomic E-state index is 13.6. The summed E-state index contributed by atoms with van der Waals surface area (Å²) in [6.07, 6.45) is 6.29. The largest absolute Gasteiger partial charge is 0.381 e. The molecule has 0 unspecified atom stereocenters. The molecule has 0 amide bonds. The van der Waals surface area contributed by atoms with Crippen molar-refractivity contribution >= 4 is 11.4 Å². The average Bonchev–Trinajstić information content (AvgIpc) is 2.80. The molecule has 0 radical (unpaired) electrons. The number of rotatable bonds is 11. The molecule has 0 aromatic heterocycles. The van der Waals surface area contributed by atoms with Crippen molar-refractivity contribution in [3.8, 4) is 11.1 Å². The molecule has 0 aliphatic carbocycles. The molecule has 32 heavy (non-hydrogen) atoms. The van der Waals surface area contributed by atoms with E-state index in [9.17, 15) is 4.39 Å². The summed E-state index contributed by atoms with van der Waals surface area (Å²) >= 11 is 0. The summed E-state index contributed by atoms with van der Waals surface area (Å²) in [5, 5.41) is 3.19. The zero-order chi connectivity index (χ0) is 23.7. The van der Waals surface area contributed by atoms with E-state index in [1.165, 1.54) is 16.8 Å². The highest BCUT2D eigenvalue weighted by atomic mass is 19.1. The number of nitrogens with zero attached hydrogens (tertiary/aromatic N) is 1. The topological polar surface area (TPSA) is 15.3 Å². The van der Waals surface area contributed by atoms with Crippen molar-refractivity contribution < 1.29 is 4.39 Å². The van der Waals surface area contributed by atoms with Gasteiger partial charge in [0.25, 0.3) is 0 Å². The van der Waals surface area contributed by atoms with Crippen LogP contribution in [-0.2, 0) is 0 Å². The van der Waals surface area contributed by atoms with Crippen LogP contribution in [0.3, 0.4) is 0 Å². The van der Waals surface area contributed by atoms with E-state index in [4.69, 9.17) is 0 Å². The molecular formula is C29H35FN2. The normalized spacial score (nSPS) is 11.5. The van der Waals surface area contributed by atoms with Gasteiger partial charge in [0.05, 0.1) is 0 Å². The van der Waals surface area contributed by atoms with E-state index in [0.29, 0.717) is 12.1 Å². The van der Waals surface area contributed by atoms with Gasteiger partial charge >= 0.3 is 0 Å². The summed E-state index contributed by atoms with van der Waals surface area (Å²) in [5.41, 5.74) is 8.07. The lowest BCUT2D eigenvalue weighted by Crippen LogP contribution is -2.21. The van der Waals surface area contributed by atoms with E-state index in [1.54, 1.807) is 12.2 Å². The quantitative estimate of drug-likeness (QED) is 0.364. The molecule has 0 aliphatic rings. The van der Waals surface area contributed by atoms with E-state index in [0.717, 1.165) is 35.5 Å². The second-order valence-corrected chi connectivity index (χ2v) is 7.70. The van der Waals surface area contributed by atoms with Gasteiger partial charge in [0, 0.05) is 35.7 Å². The van der Waals surface area contributed by atoms with Crippen molar-refractivity contribution in [1.29, 1.82) is 0 Å². The first-order chi connectivity index (χ1) is 15.3.